The summed E-state index contributed by atoms with van der Waals surface area (Å²) < 4.78 is 21.8. The second kappa shape index (κ2) is 28.0. The number of nitrogens with zero attached hydrogens (tertiary/aromatic N) is 6. The Balaban J connectivity index is 0.000000120. The van der Waals surface area contributed by atoms with E-state index in [0.29, 0.717) is 110 Å². The summed E-state index contributed by atoms with van der Waals surface area (Å²) in [7, 11) is 1.46. The van der Waals surface area contributed by atoms with Crippen LogP contribution in [0.3, 0.4) is 0 Å². The summed E-state index contributed by atoms with van der Waals surface area (Å²) in [4.78, 5) is 83.8. The Morgan fingerprint density at radius 1 is 0.561 bits per heavy atom. The molecule has 0 radical (unpaired) electrons. The second-order valence-corrected chi connectivity index (χ2v) is 34.2. The predicted octanol–water partition coefficient (Wildman–Crippen LogP) is 13.4. The fourth-order valence-electron chi connectivity index (χ4n) is 23.6. The molecular weight excluding hydrogens is 1230 g/mol. The van der Waals surface area contributed by atoms with Crippen LogP contribution in [0.2, 0.25) is 0 Å². The van der Waals surface area contributed by atoms with Gasteiger partial charge in [-0.15, -0.1) is 0 Å². The quantitative estimate of drug-likeness (QED) is 0.0831. The van der Waals surface area contributed by atoms with Crippen LogP contribution in [0.5, 0.6) is 0 Å². The summed E-state index contributed by atoms with van der Waals surface area (Å²) in [5.41, 5.74) is 8.43. The minimum Gasteiger partial charge on any atom is -0.469 e. The highest BCUT2D eigenvalue weighted by Crippen LogP contribution is 2.63. The number of methoxy groups -OCH3 is 1. The number of benzene rings is 1. The number of urea groups is 1. The molecule has 18 nitrogen and oxygen atoms in total. The number of hydrogen-bond donors (Lipinski definition) is 3. The molecular formula is C80H112N9O9+. The summed E-state index contributed by atoms with van der Waals surface area (Å²) in [5, 5.41) is 20.2. The van der Waals surface area contributed by atoms with Crippen molar-refractivity contribution in [3.05, 3.63) is 64.2 Å². The van der Waals surface area contributed by atoms with E-state index in [1.54, 1.807) is 0 Å². The molecule has 19 rings (SSSR count). The number of carbonyl (C=O) groups excluding carboxylic acids is 6. The number of esters is 3. The number of para-hydroxylation sites is 1. The van der Waals surface area contributed by atoms with Gasteiger partial charge in [-0.25, -0.2) is 15.0 Å². The molecule has 10 bridgehead atoms. The highest BCUT2D eigenvalue weighted by atomic mass is 16.5. The first kappa shape index (κ1) is 67.6. The molecule has 13 saturated carbocycles. The van der Waals surface area contributed by atoms with Crippen molar-refractivity contribution in [2.24, 2.45) is 92.8 Å². The van der Waals surface area contributed by atoms with Gasteiger partial charge in [0.05, 0.1) is 55.5 Å². The van der Waals surface area contributed by atoms with Crippen LogP contribution in [-0.2, 0) is 54.3 Å². The highest BCUT2D eigenvalue weighted by Gasteiger charge is 2.60. The number of amides is 4. The number of carbonyl (C=O) groups is 6. The molecule has 3 heterocycles. The zero-order valence-electron chi connectivity index (χ0n) is 59.7. The maximum atomic E-state index is 14.0. The minimum absolute atomic E-state index is 0.00111. The first-order valence-electron chi connectivity index (χ1n) is 39.3. The fourth-order valence-corrected chi connectivity index (χ4v) is 23.6. The number of aliphatic imine (C=N–C) groups is 1. The summed E-state index contributed by atoms with van der Waals surface area (Å²) in [6.07, 6.45) is 35.1. The average Bonchev–Trinajstić information content (AvgIpc) is 1.59. The molecule has 7 atom stereocenters. The number of nitrogens with one attached hydrogen (secondary N) is 3. The van der Waals surface area contributed by atoms with Crippen molar-refractivity contribution in [2.75, 3.05) is 20.3 Å². The molecule has 4 amide bonds. The molecule has 1 aliphatic heterocycles. The minimum atomic E-state index is -0.228. The van der Waals surface area contributed by atoms with Crippen LogP contribution in [0.25, 0.3) is 5.69 Å². The molecule has 15 aliphatic carbocycles. The smallest absolute Gasteiger partial charge is 0.469 e. The lowest BCUT2D eigenvalue weighted by Crippen LogP contribution is -2.58. The average molecular weight is 1340 g/mol. The zero-order chi connectivity index (χ0) is 67.7. The predicted molar refractivity (Wildman–Crippen MR) is 373 cm³/mol. The van der Waals surface area contributed by atoms with Crippen molar-refractivity contribution in [1.29, 1.82) is 0 Å². The van der Waals surface area contributed by atoms with E-state index in [4.69, 9.17) is 29.4 Å². The Hall–Kier alpha value is -6.20. The first-order valence-corrected chi connectivity index (χ1v) is 39.3. The van der Waals surface area contributed by atoms with Gasteiger partial charge < -0.3 is 24.8 Å². The maximum Gasteiger partial charge on any atom is 0.493 e. The zero-order valence-corrected chi connectivity index (χ0v) is 59.7. The maximum absolute atomic E-state index is 14.0. The van der Waals surface area contributed by atoms with Gasteiger partial charge >= 0.3 is 23.9 Å². The Kier molecular flexibility index (Phi) is 19.3. The van der Waals surface area contributed by atoms with E-state index in [9.17, 15) is 28.8 Å². The van der Waals surface area contributed by atoms with Gasteiger partial charge in [-0.05, 0) is 239 Å². The van der Waals surface area contributed by atoms with Gasteiger partial charge in [0.2, 0.25) is 0 Å². The van der Waals surface area contributed by atoms with Crippen molar-refractivity contribution in [1.82, 2.24) is 35.5 Å². The lowest BCUT2D eigenvalue weighted by atomic mass is 9.54. The third kappa shape index (κ3) is 13.0. The van der Waals surface area contributed by atoms with Crippen LogP contribution in [0.4, 0.5) is 4.79 Å². The largest absolute Gasteiger partial charge is 0.493 e. The van der Waals surface area contributed by atoms with E-state index in [1.807, 2.05) is 53.4 Å². The lowest BCUT2D eigenvalue weighted by molar-refractivity contribution is -0.479. The van der Waals surface area contributed by atoms with Gasteiger partial charge in [0, 0.05) is 58.8 Å². The van der Waals surface area contributed by atoms with Crippen LogP contribution in [0.1, 0.15) is 264 Å². The molecule has 530 valence electrons. The molecule has 18 heteroatoms. The number of aromatic nitrogens is 4. The van der Waals surface area contributed by atoms with Crippen molar-refractivity contribution < 1.29 is 47.6 Å². The fraction of sp³-hybridized carbons (Fsp3) is 0.750. The standard InChI is InChI=1S/C27H39N3O3.C27H35N3O3.C26H37N3O3/c1-2-33-26(31)19-8-9-22-23(15-19)30(25(28-22)18-6-4-3-5-7-18)27(32)29-24-20-11-16-10-17(13-20)14-21(24)12-16;1-5-33-24(32)17-11-12-21-20(15-17)22(29-30(21)19-9-7-6-8-10-19)23(31)28-25-26(2,3)18-13-14-27(25,4)16-18;1-32-26(31)17-7-8-22-21(14-17)24(28-29(22)20-5-3-2-4-6-20)25(30)27-23-18-10-15-9-16(12-18)13-19(23)11-15/h16-21,24-25H,2-15H2,1H3;6-10,17-18,25H,5,11-16H2,1-4H3,(H,28,31);15-20,23H,2-14H2,1H3,(H,27,30)/p+1/t;17-,18?,25?,27?;15?,16?,17-,18?,19?,23?/m.11/s1. The van der Waals surface area contributed by atoms with Crippen molar-refractivity contribution >= 4 is 47.2 Å². The molecule has 3 aromatic rings. The summed E-state index contributed by atoms with van der Waals surface area (Å²) in [5.74, 6) is 6.17. The molecule has 13 fully saturated rings. The third-order valence-corrected chi connectivity index (χ3v) is 27.9. The second-order valence-electron chi connectivity index (χ2n) is 34.2. The lowest BCUT2D eigenvalue weighted by Gasteiger charge is -2.54. The SMILES string of the molecule is CCOC(=O)C1CCC2=NC(C3CCCCC3)[N+](C(=O)NC3C4CC5CC(C4)CC3C5)=C2C1.CCOC(=O)[C@@H]1CCc2c(c(C(=O)NC3C4(C)CCC(C4)C3(C)C)nn2-c2ccccc2)C1.COC(=O)[C@@H]1CCc2c(c(C(=O)NC3C4CC5CC(C4)CC3C5)nn2C2CCCCC2)C1. The van der Waals surface area contributed by atoms with Crippen LogP contribution in [0, 0.1) is 87.8 Å². The van der Waals surface area contributed by atoms with Gasteiger partial charge in [-0.3, -0.25) is 28.7 Å². The van der Waals surface area contributed by atoms with E-state index in [0.717, 1.165) is 115 Å². The van der Waals surface area contributed by atoms with Gasteiger partial charge in [-0.1, -0.05) is 77.5 Å². The van der Waals surface area contributed by atoms with Crippen LogP contribution in [0.15, 0.2) is 35.3 Å². The molecule has 1 aromatic carbocycles. The van der Waals surface area contributed by atoms with Crippen molar-refractivity contribution in [3.8, 4) is 5.69 Å². The Morgan fingerprint density at radius 3 is 1.65 bits per heavy atom. The molecule has 3 N–H and O–H groups in total. The first-order chi connectivity index (χ1) is 47.4. The number of hydrogen-bond acceptors (Lipinski definition) is 12. The molecule has 16 aliphatic rings. The number of rotatable bonds is 13. The molecule has 5 unspecified atom stereocenters. The van der Waals surface area contributed by atoms with E-state index in [-0.39, 0.29) is 76.5 Å². The molecule has 0 spiro atoms. The Labute approximate surface area is 580 Å². The Morgan fingerprint density at radius 2 is 1.08 bits per heavy atom. The molecule has 0 saturated heterocycles. The van der Waals surface area contributed by atoms with Gasteiger partial charge in [0.15, 0.2) is 17.6 Å². The van der Waals surface area contributed by atoms with Crippen LogP contribution in [-0.4, -0.2) is 116 Å². The summed E-state index contributed by atoms with van der Waals surface area (Å²) in [6.45, 7) is 11.4. The van der Waals surface area contributed by atoms with Gasteiger partial charge in [0.1, 0.15) is 11.8 Å². The van der Waals surface area contributed by atoms with Crippen LogP contribution >= 0.6 is 0 Å². The van der Waals surface area contributed by atoms with E-state index < -0.39 is 0 Å². The molecule has 2 aromatic heterocycles. The third-order valence-electron chi connectivity index (χ3n) is 27.9. The topological polar surface area (TPSA) is 217 Å². The normalized spacial score (nSPS) is 35.1. The van der Waals surface area contributed by atoms with E-state index in [1.165, 1.54) is 128 Å². The van der Waals surface area contributed by atoms with Gasteiger partial charge in [-0.2, -0.15) is 19.6 Å². The van der Waals surface area contributed by atoms with E-state index >= 15 is 0 Å². The number of fused-ring (bicyclic) bond motifs is 5. The highest BCUT2D eigenvalue weighted by molar-refractivity contribution is 6.42. The van der Waals surface area contributed by atoms with Crippen LogP contribution < -0.4 is 16.0 Å². The molecule has 98 heavy (non-hydrogen) atoms. The van der Waals surface area contributed by atoms with Crippen molar-refractivity contribution in [2.45, 2.75) is 270 Å². The Bertz CT molecular complexity index is 3510. The van der Waals surface area contributed by atoms with Gasteiger partial charge in [0.25, 0.3) is 11.8 Å². The monoisotopic (exact) mass is 1340 g/mol. The van der Waals surface area contributed by atoms with Crippen molar-refractivity contribution in [3.63, 3.8) is 0 Å². The summed E-state index contributed by atoms with van der Waals surface area (Å²) >= 11 is 0. The van der Waals surface area contributed by atoms with E-state index in [2.05, 4.69) is 41.4 Å². The number of ether oxygens (including phenoxy) is 3. The summed E-state index contributed by atoms with van der Waals surface area (Å²) in [6, 6.07) is 11.2.